The number of hydrogen-bond donors (Lipinski definition) is 1. The molecule has 3 nitrogen and oxygen atoms in total. The molecule has 0 aliphatic carbocycles. The Kier molecular flexibility index (Phi) is 8.87. The third-order valence-electron chi connectivity index (χ3n) is 3.31. The summed E-state index contributed by atoms with van der Waals surface area (Å²) in [7, 11) is 1.36. The lowest BCUT2D eigenvalue weighted by molar-refractivity contribution is -0.188. The average Bonchev–Trinajstić information content (AvgIpc) is 2.39. The van der Waals surface area contributed by atoms with E-state index in [1.165, 1.54) is 30.2 Å². The first kappa shape index (κ1) is 21.6. The van der Waals surface area contributed by atoms with Crippen LogP contribution in [0, 0.1) is 0 Å². The van der Waals surface area contributed by atoms with E-state index in [0.29, 0.717) is 26.2 Å². The molecule has 1 aliphatic rings. The maximum atomic E-state index is 13.5. The molecule has 1 heterocycles. The van der Waals surface area contributed by atoms with E-state index in [0.717, 1.165) is 0 Å². The van der Waals surface area contributed by atoms with Crippen molar-refractivity contribution in [1.29, 1.82) is 0 Å². The van der Waals surface area contributed by atoms with Crippen molar-refractivity contribution < 1.29 is 17.9 Å². The zero-order valence-electron chi connectivity index (χ0n) is 11.8. The molecule has 0 saturated carbocycles. The summed E-state index contributed by atoms with van der Waals surface area (Å²) in [5, 5.41) is 3.31. The van der Waals surface area contributed by atoms with Gasteiger partial charge in [0, 0.05) is 36.8 Å². The van der Waals surface area contributed by atoms with Crippen LogP contribution >= 0.6 is 36.4 Å². The Labute approximate surface area is 145 Å². The van der Waals surface area contributed by atoms with E-state index in [1.54, 1.807) is 0 Å². The zero-order valence-corrected chi connectivity index (χ0v) is 14.2. The van der Waals surface area contributed by atoms with Gasteiger partial charge in [0.05, 0.1) is 7.11 Å². The molecule has 22 heavy (non-hydrogen) atoms. The predicted molar refractivity (Wildman–Crippen MR) is 85.7 cm³/mol. The van der Waals surface area contributed by atoms with Gasteiger partial charge >= 0.3 is 6.18 Å². The summed E-state index contributed by atoms with van der Waals surface area (Å²) in [6, 6.07) is 2.63. The number of halogens is 6. The molecule has 0 spiro atoms. The fourth-order valence-corrected chi connectivity index (χ4v) is 2.62. The Bertz CT molecular complexity index is 468. The first-order valence-corrected chi connectivity index (χ1v) is 6.66. The van der Waals surface area contributed by atoms with E-state index in [-0.39, 0.29) is 41.1 Å². The first-order chi connectivity index (χ1) is 9.43. The number of ether oxygens (including phenoxy) is 1. The fourth-order valence-electron chi connectivity index (χ4n) is 2.44. The molecule has 0 unspecified atom stereocenters. The molecule has 2 rings (SSSR count). The van der Waals surface area contributed by atoms with Gasteiger partial charge in [-0.05, 0) is 18.2 Å². The van der Waals surface area contributed by atoms with Crippen LogP contribution in [0.2, 0.25) is 5.02 Å². The van der Waals surface area contributed by atoms with Crippen LogP contribution in [-0.4, -0.2) is 44.4 Å². The Morgan fingerprint density at radius 1 is 1.23 bits per heavy atom. The Balaban J connectivity index is 0.00000220. The van der Waals surface area contributed by atoms with Crippen molar-refractivity contribution in [3.05, 3.63) is 28.8 Å². The normalized spacial score (nSPS) is 17.1. The van der Waals surface area contributed by atoms with Crippen molar-refractivity contribution in [2.45, 2.75) is 12.2 Å². The minimum atomic E-state index is -4.38. The van der Waals surface area contributed by atoms with Crippen LogP contribution in [-0.2, 0) is 0 Å². The van der Waals surface area contributed by atoms with Gasteiger partial charge in [0.25, 0.3) is 0 Å². The van der Waals surface area contributed by atoms with Gasteiger partial charge in [0.1, 0.15) is 11.8 Å². The Hall–Kier alpha value is -0.400. The number of rotatable bonds is 3. The van der Waals surface area contributed by atoms with Gasteiger partial charge in [0.15, 0.2) is 0 Å². The van der Waals surface area contributed by atoms with Crippen molar-refractivity contribution in [3.63, 3.8) is 0 Å². The van der Waals surface area contributed by atoms with E-state index in [4.69, 9.17) is 16.3 Å². The second-order valence-corrected chi connectivity index (χ2v) is 5.05. The highest BCUT2D eigenvalue weighted by atomic mass is 35.5. The summed E-state index contributed by atoms with van der Waals surface area (Å²) in [5.41, 5.74) is 0.0643. The third kappa shape index (κ3) is 5.06. The Morgan fingerprint density at radius 3 is 2.32 bits per heavy atom. The molecule has 1 N–H and O–H groups in total. The summed E-state index contributed by atoms with van der Waals surface area (Å²) < 4.78 is 45.5. The maximum Gasteiger partial charge on any atom is 0.408 e. The molecule has 0 radical (unpaired) electrons. The lowest BCUT2D eigenvalue weighted by Gasteiger charge is -2.36. The number of nitrogens with zero attached hydrogens (tertiary/aromatic N) is 1. The largest absolute Gasteiger partial charge is 0.496 e. The van der Waals surface area contributed by atoms with E-state index < -0.39 is 12.2 Å². The second kappa shape index (κ2) is 9.03. The molecule has 1 fully saturated rings. The summed E-state index contributed by atoms with van der Waals surface area (Å²) in [6.07, 6.45) is -4.38. The number of methoxy groups -OCH3 is 1. The van der Waals surface area contributed by atoms with Gasteiger partial charge in [-0.25, -0.2) is 0 Å². The first-order valence-electron chi connectivity index (χ1n) is 6.28. The number of piperazine rings is 1. The van der Waals surface area contributed by atoms with Crippen LogP contribution in [0.4, 0.5) is 13.2 Å². The highest BCUT2D eigenvalue weighted by Crippen LogP contribution is 2.42. The standard InChI is InChI=1S/C13H16ClF3N2O.2ClH/c1-20-11-3-2-9(14)8-10(11)12(13(15,16)17)19-6-4-18-5-7-19;;/h2-3,8,12,18H,4-7H2,1H3;2*1H/t12-;;/m1../s1. The summed E-state index contributed by atoms with van der Waals surface area (Å²) in [6.45, 7) is 1.74. The molecule has 128 valence electrons. The number of hydrogen-bond acceptors (Lipinski definition) is 3. The quantitative estimate of drug-likeness (QED) is 0.864. The van der Waals surface area contributed by atoms with Crippen molar-refractivity contribution in [2.75, 3.05) is 33.3 Å². The lowest BCUT2D eigenvalue weighted by atomic mass is 10.0. The lowest BCUT2D eigenvalue weighted by Crippen LogP contribution is -2.49. The topological polar surface area (TPSA) is 24.5 Å². The molecular formula is C13H18Cl3F3N2O. The van der Waals surface area contributed by atoms with Gasteiger partial charge < -0.3 is 10.1 Å². The Morgan fingerprint density at radius 2 is 1.82 bits per heavy atom. The van der Waals surface area contributed by atoms with Crippen molar-refractivity contribution >= 4 is 36.4 Å². The van der Waals surface area contributed by atoms with Gasteiger partial charge in [-0.1, -0.05) is 11.6 Å². The molecule has 0 bridgehead atoms. The molecule has 1 aliphatic heterocycles. The molecule has 0 aromatic heterocycles. The van der Waals surface area contributed by atoms with Crippen LogP contribution in [0.25, 0.3) is 0 Å². The van der Waals surface area contributed by atoms with Crippen molar-refractivity contribution in [3.8, 4) is 5.75 Å². The monoisotopic (exact) mass is 380 g/mol. The van der Waals surface area contributed by atoms with E-state index >= 15 is 0 Å². The average molecular weight is 382 g/mol. The molecule has 1 aromatic rings. The van der Waals surface area contributed by atoms with Gasteiger partial charge in [-0.15, -0.1) is 24.8 Å². The highest BCUT2D eigenvalue weighted by Gasteiger charge is 2.46. The summed E-state index contributed by atoms with van der Waals surface area (Å²) in [5.74, 6) is 0.204. The van der Waals surface area contributed by atoms with Crippen LogP contribution in [0.15, 0.2) is 18.2 Å². The van der Waals surface area contributed by atoms with Crippen LogP contribution in [0.1, 0.15) is 11.6 Å². The van der Waals surface area contributed by atoms with Crippen LogP contribution in [0.5, 0.6) is 5.75 Å². The molecule has 1 atom stereocenters. The van der Waals surface area contributed by atoms with Gasteiger partial charge in [-0.2, -0.15) is 13.2 Å². The minimum Gasteiger partial charge on any atom is -0.496 e. The number of alkyl halides is 3. The van der Waals surface area contributed by atoms with Crippen molar-refractivity contribution in [1.82, 2.24) is 10.2 Å². The molecule has 0 amide bonds. The molecular weight excluding hydrogens is 364 g/mol. The maximum absolute atomic E-state index is 13.5. The molecule has 1 saturated heterocycles. The summed E-state index contributed by atoms with van der Waals surface area (Å²) in [4.78, 5) is 1.41. The van der Waals surface area contributed by atoms with E-state index in [9.17, 15) is 13.2 Å². The second-order valence-electron chi connectivity index (χ2n) is 4.62. The molecule has 1 aromatic carbocycles. The van der Waals surface area contributed by atoms with Gasteiger partial charge in [0.2, 0.25) is 0 Å². The van der Waals surface area contributed by atoms with E-state index in [1.807, 2.05) is 0 Å². The fraction of sp³-hybridized carbons (Fsp3) is 0.538. The zero-order chi connectivity index (χ0) is 14.8. The van der Waals surface area contributed by atoms with Crippen LogP contribution in [0.3, 0.4) is 0 Å². The highest BCUT2D eigenvalue weighted by molar-refractivity contribution is 6.30. The SMILES string of the molecule is COc1ccc(Cl)cc1[C@@H](N1CCNCC1)C(F)(F)F.Cl.Cl. The van der Waals surface area contributed by atoms with Crippen molar-refractivity contribution in [2.24, 2.45) is 0 Å². The minimum absolute atomic E-state index is 0. The smallest absolute Gasteiger partial charge is 0.408 e. The predicted octanol–water partition coefficient (Wildman–Crippen LogP) is 3.70. The third-order valence-corrected chi connectivity index (χ3v) is 3.55. The molecule has 9 heteroatoms. The summed E-state index contributed by atoms with van der Waals surface area (Å²) >= 11 is 5.85. The number of benzene rings is 1. The van der Waals surface area contributed by atoms with Gasteiger partial charge in [-0.3, -0.25) is 4.90 Å². The van der Waals surface area contributed by atoms with E-state index in [2.05, 4.69) is 5.32 Å². The van der Waals surface area contributed by atoms with Crippen LogP contribution < -0.4 is 10.1 Å². The number of nitrogens with one attached hydrogen (secondary N) is 1.